The van der Waals surface area contributed by atoms with Gasteiger partial charge in [-0.2, -0.15) is 0 Å². The zero-order chi connectivity index (χ0) is 18.9. The molecule has 1 saturated heterocycles. The van der Waals surface area contributed by atoms with Gasteiger partial charge in [0.05, 0.1) is 6.10 Å². The molecule has 0 bridgehead atoms. The highest BCUT2D eigenvalue weighted by Gasteiger charge is 2.31. The third-order valence-corrected chi connectivity index (χ3v) is 8.09. The summed E-state index contributed by atoms with van der Waals surface area (Å²) in [4.78, 5) is 0. The Labute approximate surface area is 169 Å². The fraction of sp³-hybridized carbons (Fsp3) is 0.923. The molecule has 0 aromatic heterocycles. The Morgan fingerprint density at radius 2 is 1.33 bits per heavy atom. The smallest absolute Gasteiger partial charge is 0.0603 e. The van der Waals surface area contributed by atoms with Crippen molar-refractivity contribution in [2.45, 2.75) is 116 Å². The van der Waals surface area contributed by atoms with Crippen LogP contribution in [0, 0.1) is 29.6 Å². The maximum absolute atomic E-state index is 6.35. The van der Waals surface area contributed by atoms with Crippen LogP contribution in [-0.4, -0.2) is 12.7 Å². The van der Waals surface area contributed by atoms with Crippen LogP contribution in [0.15, 0.2) is 12.2 Å². The van der Waals surface area contributed by atoms with Gasteiger partial charge >= 0.3 is 0 Å². The minimum absolute atomic E-state index is 0.585. The van der Waals surface area contributed by atoms with Gasteiger partial charge in [-0.05, 0) is 100 Å². The highest BCUT2D eigenvalue weighted by molar-refractivity contribution is 4.97. The van der Waals surface area contributed by atoms with Crippen molar-refractivity contribution < 1.29 is 4.74 Å². The Bertz CT molecular complexity index is 404. The van der Waals surface area contributed by atoms with Gasteiger partial charge in [0, 0.05) is 6.61 Å². The molecule has 2 aliphatic carbocycles. The molecule has 3 rings (SSSR count). The predicted molar refractivity (Wildman–Crippen MR) is 117 cm³/mol. The van der Waals surface area contributed by atoms with Crippen molar-refractivity contribution in [3.8, 4) is 0 Å². The van der Waals surface area contributed by atoms with E-state index in [1.54, 1.807) is 0 Å². The van der Waals surface area contributed by atoms with Crippen molar-refractivity contribution in [2.24, 2.45) is 29.6 Å². The van der Waals surface area contributed by atoms with E-state index in [1.807, 2.05) is 0 Å². The second kappa shape index (κ2) is 11.6. The van der Waals surface area contributed by atoms with Crippen molar-refractivity contribution in [3.63, 3.8) is 0 Å². The lowest BCUT2D eigenvalue weighted by Crippen LogP contribution is -2.34. The second-order valence-corrected chi connectivity index (χ2v) is 10.1. The summed E-state index contributed by atoms with van der Waals surface area (Å²) in [6, 6.07) is 0. The molecule has 1 aliphatic heterocycles. The van der Waals surface area contributed by atoms with Gasteiger partial charge in [-0.15, -0.1) is 0 Å². The summed E-state index contributed by atoms with van der Waals surface area (Å²) in [6.45, 7) is 5.71. The van der Waals surface area contributed by atoms with Crippen LogP contribution in [0.2, 0.25) is 0 Å². The first kappa shape index (κ1) is 21.4. The molecule has 0 aromatic rings. The highest BCUT2D eigenvalue weighted by atomic mass is 16.5. The lowest BCUT2D eigenvalue weighted by atomic mass is 9.76. The topological polar surface area (TPSA) is 9.23 Å². The molecule has 1 heterocycles. The fourth-order valence-corrected chi connectivity index (χ4v) is 5.92. The Morgan fingerprint density at radius 1 is 0.704 bits per heavy atom. The molecule has 2 saturated carbocycles. The van der Waals surface area contributed by atoms with Gasteiger partial charge in [-0.25, -0.2) is 0 Å². The summed E-state index contributed by atoms with van der Waals surface area (Å²) in [5.41, 5.74) is 0. The molecule has 0 aromatic carbocycles. The van der Waals surface area contributed by atoms with Gasteiger partial charge < -0.3 is 4.74 Å². The zero-order valence-corrected chi connectivity index (χ0v) is 18.3. The van der Waals surface area contributed by atoms with Gasteiger partial charge in [0.25, 0.3) is 0 Å². The third-order valence-electron chi connectivity index (χ3n) is 8.09. The number of hydrogen-bond donors (Lipinski definition) is 0. The number of ether oxygens (including phenoxy) is 1. The second-order valence-electron chi connectivity index (χ2n) is 10.1. The molecule has 1 heteroatoms. The van der Waals surface area contributed by atoms with E-state index in [-0.39, 0.29) is 0 Å². The molecule has 0 N–H and O–H groups in total. The molecule has 3 aliphatic rings. The largest absolute Gasteiger partial charge is 0.378 e. The highest BCUT2D eigenvalue weighted by Crippen LogP contribution is 2.38. The Balaban J connectivity index is 1.31. The van der Waals surface area contributed by atoms with Gasteiger partial charge in [0.2, 0.25) is 0 Å². The van der Waals surface area contributed by atoms with Crippen LogP contribution in [0.4, 0.5) is 0 Å². The van der Waals surface area contributed by atoms with Crippen LogP contribution in [-0.2, 0) is 4.74 Å². The maximum atomic E-state index is 6.35. The molecular weight excluding hydrogens is 328 g/mol. The molecule has 27 heavy (non-hydrogen) atoms. The number of rotatable bonds is 8. The van der Waals surface area contributed by atoms with Crippen LogP contribution in [0.25, 0.3) is 0 Å². The first-order chi connectivity index (χ1) is 13.3. The van der Waals surface area contributed by atoms with Crippen molar-refractivity contribution in [2.75, 3.05) is 6.61 Å². The molecule has 0 spiro atoms. The lowest BCUT2D eigenvalue weighted by Gasteiger charge is -2.37. The fourth-order valence-electron chi connectivity index (χ4n) is 5.92. The van der Waals surface area contributed by atoms with Crippen molar-refractivity contribution in [1.82, 2.24) is 0 Å². The summed E-state index contributed by atoms with van der Waals surface area (Å²) >= 11 is 0. The van der Waals surface area contributed by atoms with Crippen LogP contribution < -0.4 is 0 Å². The normalized spacial score (nSPS) is 38.3. The maximum Gasteiger partial charge on any atom is 0.0603 e. The van der Waals surface area contributed by atoms with Crippen molar-refractivity contribution in [3.05, 3.63) is 12.2 Å². The van der Waals surface area contributed by atoms with Gasteiger partial charge in [0.1, 0.15) is 0 Å². The van der Waals surface area contributed by atoms with Gasteiger partial charge in [0.15, 0.2) is 0 Å². The van der Waals surface area contributed by atoms with Gasteiger partial charge in [-0.3, -0.25) is 0 Å². The molecular formula is C26H46O. The Hall–Kier alpha value is -0.300. The van der Waals surface area contributed by atoms with Crippen LogP contribution in [0.3, 0.4) is 0 Å². The molecule has 3 fully saturated rings. The van der Waals surface area contributed by atoms with Gasteiger partial charge in [-0.1, -0.05) is 51.7 Å². The van der Waals surface area contributed by atoms with Crippen LogP contribution >= 0.6 is 0 Å². The van der Waals surface area contributed by atoms with E-state index >= 15 is 0 Å². The van der Waals surface area contributed by atoms with Crippen molar-refractivity contribution in [1.29, 1.82) is 0 Å². The van der Waals surface area contributed by atoms with E-state index in [1.165, 1.54) is 96.3 Å². The van der Waals surface area contributed by atoms with E-state index in [9.17, 15) is 0 Å². The monoisotopic (exact) mass is 374 g/mol. The van der Waals surface area contributed by atoms with E-state index in [4.69, 9.17) is 4.74 Å². The minimum atomic E-state index is 0.585. The Morgan fingerprint density at radius 3 is 1.89 bits per heavy atom. The number of unbranched alkanes of at least 4 members (excludes halogenated alkanes) is 2. The quantitative estimate of drug-likeness (QED) is 0.309. The number of hydrogen-bond acceptors (Lipinski definition) is 1. The summed E-state index contributed by atoms with van der Waals surface area (Å²) in [6.07, 6.45) is 27.0. The summed E-state index contributed by atoms with van der Waals surface area (Å²) in [7, 11) is 0. The molecule has 2 unspecified atom stereocenters. The SMILES string of the molecule is CCCCCC1CCC(C2CCC(/C=C/C3CCC(CC)CC3)CC2)OC1. The third kappa shape index (κ3) is 6.91. The van der Waals surface area contributed by atoms with Crippen molar-refractivity contribution >= 4 is 0 Å². The van der Waals surface area contributed by atoms with E-state index in [2.05, 4.69) is 26.0 Å². The molecule has 156 valence electrons. The van der Waals surface area contributed by atoms with Crippen LogP contribution in [0.1, 0.15) is 110 Å². The van der Waals surface area contributed by atoms with Crippen LogP contribution in [0.5, 0.6) is 0 Å². The zero-order valence-electron chi connectivity index (χ0n) is 18.3. The summed E-state index contributed by atoms with van der Waals surface area (Å²) in [5.74, 6) is 4.47. The Kier molecular flexibility index (Phi) is 9.23. The first-order valence-electron chi connectivity index (χ1n) is 12.6. The summed E-state index contributed by atoms with van der Waals surface area (Å²) in [5, 5.41) is 0. The first-order valence-corrected chi connectivity index (χ1v) is 12.6. The van der Waals surface area contributed by atoms with E-state index < -0.39 is 0 Å². The van der Waals surface area contributed by atoms with E-state index in [0.717, 1.165) is 36.2 Å². The summed E-state index contributed by atoms with van der Waals surface area (Å²) < 4.78 is 6.35. The minimum Gasteiger partial charge on any atom is -0.378 e. The standard InChI is InChI=1S/C26H46O/c1-3-5-6-7-24-16-19-26(27-20-24)25-17-14-23(15-18-25)13-12-22-10-8-21(4-2)9-11-22/h12-13,21-26H,3-11,14-20H2,1-2H3/b13-12+. The average Bonchev–Trinajstić information content (AvgIpc) is 2.74. The molecule has 2 atom stereocenters. The predicted octanol–water partition coefficient (Wildman–Crippen LogP) is 7.94. The average molecular weight is 375 g/mol. The molecule has 0 amide bonds. The van der Waals surface area contributed by atoms with E-state index in [0.29, 0.717) is 6.10 Å². The molecule has 1 nitrogen and oxygen atoms in total. The number of allylic oxidation sites excluding steroid dienone is 2. The lowest BCUT2D eigenvalue weighted by molar-refractivity contribution is -0.0585. The molecule has 0 radical (unpaired) electrons.